The van der Waals surface area contributed by atoms with Gasteiger partial charge in [0.1, 0.15) is 11.5 Å². The van der Waals surface area contributed by atoms with Crippen molar-refractivity contribution >= 4 is 0 Å². The molecule has 0 aromatic heterocycles. The predicted molar refractivity (Wildman–Crippen MR) is 77.8 cm³/mol. The summed E-state index contributed by atoms with van der Waals surface area (Å²) in [5.74, 6) is 1.26. The average molecular weight is 267 g/mol. The number of nitriles is 1. The van der Waals surface area contributed by atoms with E-state index in [1.54, 1.807) is 25.1 Å². The van der Waals surface area contributed by atoms with Crippen LogP contribution in [0.25, 0.3) is 0 Å². The van der Waals surface area contributed by atoms with E-state index in [1.165, 1.54) is 0 Å². The third-order valence-corrected chi connectivity index (χ3v) is 3.16. The van der Waals surface area contributed by atoms with Crippen LogP contribution in [0.5, 0.6) is 11.5 Å². The van der Waals surface area contributed by atoms with E-state index in [0.29, 0.717) is 16.9 Å². The summed E-state index contributed by atoms with van der Waals surface area (Å²) in [7, 11) is 0. The van der Waals surface area contributed by atoms with Crippen molar-refractivity contribution in [3.8, 4) is 17.6 Å². The summed E-state index contributed by atoms with van der Waals surface area (Å²) in [5, 5.41) is 18.8. The van der Waals surface area contributed by atoms with Gasteiger partial charge in [-0.25, -0.2) is 0 Å². The maximum Gasteiger partial charge on any atom is 0.134 e. The Labute approximate surface area is 119 Å². The number of aliphatic hydroxyl groups excluding tert-OH is 1. The highest BCUT2D eigenvalue weighted by atomic mass is 16.5. The fourth-order valence-electron chi connectivity index (χ4n) is 1.97. The number of aryl methyl sites for hydroxylation is 2. The van der Waals surface area contributed by atoms with Crippen LogP contribution >= 0.6 is 0 Å². The first kappa shape index (κ1) is 14.1. The van der Waals surface area contributed by atoms with Crippen LogP contribution in [0, 0.1) is 25.2 Å². The summed E-state index contributed by atoms with van der Waals surface area (Å²) in [6, 6.07) is 13.1. The van der Waals surface area contributed by atoms with E-state index in [4.69, 9.17) is 10.00 Å². The van der Waals surface area contributed by atoms with Gasteiger partial charge in [-0.15, -0.1) is 0 Å². The van der Waals surface area contributed by atoms with Crippen molar-refractivity contribution < 1.29 is 9.84 Å². The molecule has 0 unspecified atom stereocenters. The Hall–Kier alpha value is -2.31. The van der Waals surface area contributed by atoms with Crippen LogP contribution in [0.4, 0.5) is 0 Å². The van der Waals surface area contributed by atoms with E-state index in [1.807, 2.05) is 32.0 Å². The molecule has 0 aliphatic rings. The Morgan fingerprint density at radius 1 is 1.10 bits per heavy atom. The summed E-state index contributed by atoms with van der Waals surface area (Å²) in [4.78, 5) is 0. The molecule has 2 aromatic carbocycles. The summed E-state index contributed by atoms with van der Waals surface area (Å²) >= 11 is 0. The molecule has 102 valence electrons. The smallest absolute Gasteiger partial charge is 0.134 e. The zero-order valence-electron chi connectivity index (χ0n) is 11.8. The Morgan fingerprint density at radius 2 is 1.85 bits per heavy atom. The summed E-state index contributed by atoms with van der Waals surface area (Å²) < 4.78 is 5.91. The molecule has 1 N–H and O–H groups in total. The van der Waals surface area contributed by atoms with Crippen molar-refractivity contribution in [3.63, 3.8) is 0 Å². The van der Waals surface area contributed by atoms with Crippen molar-refractivity contribution in [2.45, 2.75) is 26.9 Å². The summed E-state index contributed by atoms with van der Waals surface area (Å²) in [5.41, 5.74) is 3.29. The molecule has 2 aromatic rings. The molecule has 3 nitrogen and oxygen atoms in total. The van der Waals surface area contributed by atoms with Gasteiger partial charge in [0.25, 0.3) is 0 Å². The maximum absolute atomic E-state index is 9.81. The van der Waals surface area contributed by atoms with Gasteiger partial charge >= 0.3 is 0 Å². The van der Waals surface area contributed by atoms with Gasteiger partial charge < -0.3 is 9.84 Å². The van der Waals surface area contributed by atoms with Crippen LogP contribution in [0.3, 0.4) is 0 Å². The number of rotatable bonds is 3. The first-order valence-electron chi connectivity index (χ1n) is 6.48. The van der Waals surface area contributed by atoms with Crippen molar-refractivity contribution in [3.05, 3.63) is 58.7 Å². The second kappa shape index (κ2) is 5.77. The number of aliphatic hydroxyl groups is 1. The molecule has 0 saturated heterocycles. The van der Waals surface area contributed by atoms with E-state index in [0.717, 1.165) is 16.9 Å². The second-order valence-electron chi connectivity index (χ2n) is 4.91. The van der Waals surface area contributed by atoms with E-state index >= 15 is 0 Å². The lowest BCUT2D eigenvalue weighted by atomic mass is 10.1. The lowest BCUT2D eigenvalue weighted by molar-refractivity contribution is 0.195. The monoisotopic (exact) mass is 267 g/mol. The third-order valence-electron chi connectivity index (χ3n) is 3.16. The lowest BCUT2D eigenvalue weighted by Gasteiger charge is -2.15. The van der Waals surface area contributed by atoms with Crippen LogP contribution in [0.1, 0.15) is 35.3 Å². The highest BCUT2D eigenvalue weighted by molar-refractivity contribution is 5.47. The Bertz CT molecular complexity index is 669. The first-order chi connectivity index (χ1) is 9.51. The number of hydrogen-bond donors (Lipinski definition) is 1. The second-order valence-corrected chi connectivity index (χ2v) is 4.91. The molecular formula is C17H17NO2. The summed E-state index contributed by atoms with van der Waals surface area (Å²) in [6.45, 7) is 5.63. The molecule has 2 rings (SSSR count). The topological polar surface area (TPSA) is 53.2 Å². The fraction of sp³-hybridized carbons (Fsp3) is 0.235. The average Bonchev–Trinajstić information content (AvgIpc) is 2.42. The van der Waals surface area contributed by atoms with Gasteiger partial charge in [0.05, 0.1) is 17.7 Å². The minimum absolute atomic E-state index is 0.509. The van der Waals surface area contributed by atoms with Crippen LogP contribution in [0.15, 0.2) is 36.4 Å². The Kier molecular flexibility index (Phi) is 4.07. The molecule has 0 fully saturated rings. The number of nitrogens with zero attached hydrogens (tertiary/aromatic N) is 1. The van der Waals surface area contributed by atoms with Crippen molar-refractivity contribution in [1.82, 2.24) is 0 Å². The number of ether oxygens (including phenoxy) is 1. The molecular weight excluding hydrogens is 250 g/mol. The highest BCUT2D eigenvalue weighted by Gasteiger charge is 2.12. The highest BCUT2D eigenvalue weighted by Crippen LogP contribution is 2.32. The number of benzene rings is 2. The molecule has 1 atom stereocenters. The number of hydrogen-bond acceptors (Lipinski definition) is 3. The van der Waals surface area contributed by atoms with Crippen molar-refractivity contribution in [1.29, 1.82) is 5.26 Å². The molecule has 0 amide bonds. The minimum atomic E-state index is -0.650. The zero-order chi connectivity index (χ0) is 14.7. The van der Waals surface area contributed by atoms with Crippen LogP contribution in [-0.2, 0) is 0 Å². The molecule has 0 heterocycles. The van der Waals surface area contributed by atoms with E-state index in [2.05, 4.69) is 6.07 Å². The van der Waals surface area contributed by atoms with Crippen LogP contribution < -0.4 is 4.74 Å². The van der Waals surface area contributed by atoms with Gasteiger partial charge in [-0.1, -0.05) is 18.2 Å². The van der Waals surface area contributed by atoms with Gasteiger partial charge in [0.15, 0.2) is 0 Å². The van der Waals surface area contributed by atoms with Gasteiger partial charge in [-0.05, 0) is 50.1 Å². The molecule has 0 bridgehead atoms. The van der Waals surface area contributed by atoms with Crippen LogP contribution in [-0.4, -0.2) is 5.11 Å². The Morgan fingerprint density at radius 3 is 2.50 bits per heavy atom. The largest absolute Gasteiger partial charge is 0.457 e. The first-order valence-corrected chi connectivity index (χ1v) is 6.48. The van der Waals surface area contributed by atoms with Gasteiger partial charge in [0, 0.05) is 5.56 Å². The summed E-state index contributed by atoms with van der Waals surface area (Å²) in [6.07, 6.45) is -0.650. The molecule has 20 heavy (non-hydrogen) atoms. The van der Waals surface area contributed by atoms with E-state index in [9.17, 15) is 5.11 Å². The normalized spacial score (nSPS) is 11.8. The molecule has 0 spiro atoms. The fourth-order valence-corrected chi connectivity index (χ4v) is 1.97. The predicted octanol–water partition coefficient (Wildman–Crippen LogP) is 4.02. The standard InChI is InChI=1S/C17H17NO2/c1-11-4-5-12(2)16(8-11)20-17-9-14(10-18)6-7-15(17)13(3)19/h4-9,13,19H,1-3H3/t13-/m0/s1. The van der Waals surface area contributed by atoms with Gasteiger partial charge in [0.2, 0.25) is 0 Å². The van der Waals surface area contributed by atoms with Crippen molar-refractivity contribution in [2.75, 3.05) is 0 Å². The maximum atomic E-state index is 9.81. The molecule has 0 radical (unpaired) electrons. The van der Waals surface area contributed by atoms with Gasteiger partial charge in [-0.3, -0.25) is 0 Å². The SMILES string of the molecule is Cc1ccc(C)c(Oc2cc(C#N)ccc2[C@H](C)O)c1. The molecule has 0 aliphatic carbocycles. The zero-order valence-corrected chi connectivity index (χ0v) is 11.8. The minimum Gasteiger partial charge on any atom is -0.457 e. The molecule has 3 heteroatoms. The lowest BCUT2D eigenvalue weighted by Crippen LogP contribution is -1.98. The Balaban J connectivity index is 2.46. The third kappa shape index (κ3) is 2.98. The van der Waals surface area contributed by atoms with E-state index in [-0.39, 0.29) is 0 Å². The molecule has 0 aliphatic heterocycles. The van der Waals surface area contributed by atoms with Crippen LogP contribution in [0.2, 0.25) is 0 Å². The van der Waals surface area contributed by atoms with E-state index < -0.39 is 6.10 Å². The quantitative estimate of drug-likeness (QED) is 0.913. The van der Waals surface area contributed by atoms with Gasteiger partial charge in [-0.2, -0.15) is 5.26 Å². The van der Waals surface area contributed by atoms with Crippen molar-refractivity contribution in [2.24, 2.45) is 0 Å². The molecule has 0 saturated carbocycles.